The molecule has 0 aliphatic carbocycles. The molecule has 0 aromatic heterocycles. The van der Waals surface area contributed by atoms with Crippen LogP contribution < -0.4 is 5.32 Å². The van der Waals surface area contributed by atoms with Crippen LogP contribution in [0.25, 0.3) is 0 Å². The molecular formula is C18H21F2N. The van der Waals surface area contributed by atoms with Crippen LogP contribution in [0.1, 0.15) is 23.1 Å². The fourth-order valence-electron chi connectivity index (χ4n) is 2.46. The smallest absolute Gasteiger partial charge is 0.126 e. The van der Waals surface area contributed by atoms with Crippen molar-refractivity contribution in [3.8, 4) is 0 Å². The molecule has 3 heteroatoms. The van der Waals surface area contributed by atoms with Gasteiger partial charge in [0, 0.05) is 12.1 Å². The maximum atomic E-state index is 13.2. The van der Waals surface area contributed by atoms with E-state index in [1.54, 1.807) is 0 Å². The summed E-state index contributed by atoms with van der Waals surface area (Å²) in [6.45, 7) is 2.07. The summed E-state index contributed by atoms with van der Waals surface area (Å²) in [5, 5.41) is 3.23. The quantitative estimate of drug-likeness (QED) is 0.846. The van der Waals surface area contributed by atoms with Crippen LogP contribution in [0.4, 0.5) is 8.78 Å². The standard InChI is InChI=1S/C18H21F2N/c1-13-3-5-14(6-4-13)7-8-18(21-2)11-15-9-16(19)12-17(20)10-15/h3-6,9-10,12,18,21H,7-8,11H2,1-2H3. The predicted molar refractivity (Wildman–Crippen MR) is 82.4 cm³/mol. The van der Waals surface area contributed by atoms with Crippen molar-refractivity contribution in [2.24, 2.45) is 0 Å². The third-order valence-corrected chi connectivity index (χ3v) is 3.71. The van der Waals surface area contributed by atoms with Gasteiger partial charge in [0.25, 0.3) is 0 Å². The fourth-order valence-corrected chi connectivity index (χ4v) is 2.46. The van der Waals surface area contributed by atoms with E-state index in [0.717, 1.165) is 18.9 Å². The number of aryl methyl sites for hydroxylation is 2. The molecule has 0 aliphatic heterocycles. The van der Waals surface area contributed by atoms with Crippen molar-refractivity contribution in [3.63, 3.8) is 0 Å². The minimum absolute atomic E-state index is 0.201. The van der Waals surface area contributed by atoms with Gasteiger partial charge < -0.3 is 5.32 Å². The molecule has 1 N–H and O–H groups in total. The van der Waals surface area contributed by atoms with E-state index in [2.05, 4.69) is 36.5 Å². The maximum absolute atomic E-state index is 13.2. The maximum Gasteiger partial charge on any atom is 0.126 e. The molecule has 1 atom stereocenters. The second kappa shape index (κ2) is 7.32. The number of hydrogen-bond acceptors (Lipinski definition) is 1. The minimum Gasteiger partial charge on any atom is -0.317 e. The van der Waals surface area contributed by atoms with Crippen molar-refractivity contribution >= 4 is 0 Å². The molecule has 0 fully saturated rings. The van der Waals surface area contributed by atoms with Crippen molar-refractivity contribution in [1.29, 1.82) is 0 Å². The summed E-state index contributed by atoms with van der Waals surface area (Å²) < 4.78 is 26.4. The number of benzene rings is 2. The highest BCUT2D eigenvalue weighted by Crippen LogP contribution is 2.13. The van der Waals surface area contributed by atoms with Gasteiger partial charge in [-0.3, -0.25) is 0 Å². The Labute approximate surface area is 125 Å². The molecular weight excluding hydrogens is 268 g/mol. The Morgan fingerprint density at radius 3 is 2.14 bits per heavy atom. The molecule has 0 spiro atoms. The van der Waals surface area contributed by atoms with Gasteiger partial charge >= 0.3 is 0 Å². The van der Waals surface area contributed by atoms with E-state index >= 15 is 0 Å². The highest BCUT2D eigenvalue weighted by atomic mass is 19.1. The first-order valence-corrected chi connectivity index (χ1v) is 7.24. The number of halogens is 2. The first-order chi connectivity index (χ1) is 10.1. The number of likely N-dealkylation sites (N-methyl/N-ethyl adjacent to an activating group) is 1. The van der Waals surface area contributed by atoms with Gasteiger partial charge in [0.1, 0.15) is 11.6 Å². The number of rotatable bonds is 6. The van der Waals surface area contributed by atoms with Crippen LogP contribution in [0.15, 0.2) is 42.5 Å². The lowest BCUT2D eigenvalue weighted by Gasteiger charge is -2.16. The molecule has 112 valence electrons. The summed E-state index contributed by atoms with van der Waals surface area (Å²) in [5.74, 6) is -1.03. The lowest BCUT2D eigenvalue weighted by molar-refractivity contribution is 0.514. The van der Waals surface area contributed by atoms with Gasteiger partial charge in [-0.15, -0.1) is 0 Å². The average Bonchev–Trinajstić information content (AvgIpc) is 2.44. The second-order valence-electron chi connectivity index (χ2n) is 5.49. The molecule has 0 radical (unpaired) electrons. The summed E-state index contributed by atoms with van der Waals surface area (Å²) in [5.41, 5.74) is 3.22. The summed E-state index contributed by atoms with van der Waals surface area (Å²) in [6.07, 6.45) is 2.50. The lowest BCUT2D eigenvalue weighted by atomic mass is 9.98. The Morgan fingerprint density at radius 2 is 1.57 bits per heavy atom. The van der Waals surface area contributed by atoms with Crippen molar-refractivity contribution in [2.75, 3.05) is 7.05 Å². The van der Waals surface area contributed by atoms with E-state index in [1.165, 1.54) is 23.3 Å². The molecule has 2 aromatic rings. The Bertz CT molecular complexity index is 558. The van der Waals surface area contributed by atoms with Crippen molar-refractivity contribution in [2.45, 2.75) is 32.2 Å². The van der Waals surface area contributed by atoms with Gasteiger partial charge in [0.2, 0.25) is 0 Å². The third kappa shape index (κ3) is 4.94. The normalized spacial score (nSPS) is 12.4. The molecule has 0 bridgehead atoms. The summed E-state index contributed by atoms with van der Waals surface area (Å²) in [7, 11) is 1.88. The van der Waals surface area contributed by atoms with Crippen LogP contribution in [0.5, 0.6) is 0 Å². The molecule has 0 saturated carbocycles. The molecule has 0 heterocycles. The number of hydrogen-bond donors (Lipinski definition) is 1. The summed E-state index contributed by atoms with van der Waals surface area (Å²) in [6, 6.07) is 12.4. The van der Waals surface area contributed by atoms with E-state index in [4.69, 9.17) is 0 Å². The van der Waals surface area contributed by atoms with Gasteiger partial charge in [-0.25, -0.2) is 8.78 Å². The van der Waals surface area contributed by atoms with E-state index in [1.807, 2.05) is 7.05 Å². The topological polar surface area (TPSA) is 12.0 Å². The monoisotopic (exact) mass is 289 g/mol. The first-order valence-electron chi connectivity index (χ1n) is 7.24. The Kier molecular flexibility index (Phi) is 5.45. The zero-order valence-electron chi connectivity index (χ0n) is 12.5. The minimum atomic E-state index is -0.515. The van der Waals surface area contributed by atoms with E-state index < -0.39 is 11.6 Å². The third-order valence-electron chi connectivity index (χ3n) is 3.71. The van der Waals surface area contributed by atoms with Gasteiger partial charge in [0.05, 0.1) is 0 Å². The van der Waals surface area contributed by atoms with Gasteiger partial charge in [-0.05, 0) is 56.5 Å². The fraction of sp³-hybridized carbons (Fsp3) is 0.333. The molecule has 2 aromatic carbocycles. The van der Waals surface area contributed by atoms with Crippen LogP contribution in [-0.2, 0) is 12.8 Å². The molecule has 0 aliphatic rings. The Hall–Kier alpha value is -1.74. The SMILES string of the molecule is CNC(CCc1ccc(C)cc1)Cc1cc(F)cc(F)c1. The van der Waals surface area contributed by atoms with Gasteiger partial charge in [0.15, 0.2) is 0 Å². The predicted octanol–water partition coefficient (Wildman–Crippen LogP) is 4.04. The molecule has 2 rings (SSSR count). The Balaban J connectivity index is 1.95. The van der Waals surface area contributed by atoms with Gasteiger partial charge in [-0.2, -0.15) is 0 Å². The number of nitrogens with one attached hydrogen (secondary N) is 1. The lowest BCUT2D eigenvalue weighted by Crippen LogP contribution is -2.28. The summed E-state index contributed by atoms with van der Waals surface area (Å²) >= 11 is 0. The average molecular weight is 289 g/mol. The van der Waals surface area contributed by atoms with E-state index in [-0.39, 0.29) is 6.04 Å². The van der Waals surface area contributed by atoms with Crippen LogP contribution >= 0.6 is 0 Å². The molecule has 1 unspecified atom stereocenters. The van der Waals surface area contributed by atoms with Crippen molar-refractivity contribution < 1.29 is 8.78 Å². The first kappa shape index (κ1) is 15.6. The molecule has 1 nitrogen and oxygen atoms in total. The Morgan fingerprint density at radius 1 is 0.952 bits per heavy atom. The van der Waals surface area contributed by atoms with Gasteiger partial charge in [-0.1, -0.05) is 29.8 Å². The molecule has 0 saturated heterocycles. The summed E-state index contributed by atoms with van der Waals surface area (Å²) in [4.78, 5) is 0. The van der Waals surface area contributed by atoms with Crippen LogP contribution in [0.3, 0.4) is 0 Å². The largest absolute Gasteiger partial charge is 0.317 e. The molecule has 21 heavy (non-hydrogen) atoms. The zero-order chi connectivity index (χ0) is 15.2. The van der Waals surface area contributed by atoms with Crippen LogP contribution in [0.2, 0.25) is 0 Å². The van der Waals surface area contributed by atoms with E-state index in [9.17, 15) is 8.78 Å². The highest BCUT2D eigenvalue weighted by molar-refractivity contribution is 5.22. The van der Waals surface area contributed by atoms with Crippen LogP contribution in [-0.4, -0.2) is 13.1 Å². The second-order valence-corrected chi connectivity index (χ2v) is 5.49. The highest BCUT2D eigenvalue weighted by Gasteiger charge is 2.09. The molecule has 0 amide bonds. The van der Waals surface area contributed by atoms with Crippen LogP contribution in [0, 0.1) is 18.6 Å². The van der Waals surface area contributed by atoms with Crippen molar-refractivity contribution in [3.05, 3.63) is 70.8 Å². The van der Waals surface area contributed by atoms with Crippen molar-refractivity contribution in [1.82, 2.24) is 5.32 Å². The van der Waals surface area contributed by atoms with E-state index in [0.29, 0.717) is 12.0 Å². The zero-order valence-corrected chi connectivity index (χ0v) is 12.5.